The minimum atomic E-state index is -0.199. The molecule has 0 atom stereocenters. The third kappa shape index (κ3) is 4.24. The molecule has 27 heavy (non-hydrogen) atoms. The number of anilines is 1. The highest BCUT2D eigenvalue weighted by Gasteiger charge is 2.27. The van der Waals surface area contributed by atoms with Gasteiger partial charge in [-0.15, -0.1) is 0 Å². The van der Waals surface area contributed by atoms with E-state index in [9.17, 15) is 9.59 Å². The fourth-order valence-electron chi connectivity index (χ4n) is 4.13. The molecule has 2 aromatic heterocycles. The molecule has 3 heterocycles. The van der Waals surface area contributed by atoms with Crippen LogP contribution in [0.15, 0.2) is 33.9 Å². The topological polar surface area (TPSA) is 58.4 Å². The van der Waals surface area contributed by atoms with Gasteiger partial charge in [0.2, 0.25) is 5.91 Å². The van der Waals surface area contributed by atoms with Crippen LogP contribution >= 0.6 is 11.3 Å². The minimum absolute atomic E-state index is 0.0136. The molecule has 144 valence electrons. The third-order valence-electron chi connectivity index (χ3n) is 5.63. The summed E-state index contributed by atoms with van der Waals surface area (Å²) in [4.78, 5) is 29.7. The van der Waals surface area contributed by atoms with E-state index in [1.165, 1.54) is 17.5 Å². The van der Waals surface area contributed by atoms with Gasteiger partial charge in [0.25, 0.3) is 5.56 Å². The van der Waals surface area contributed by atoms with E-state index in [0.29, 0.717) is 6.54 Å². The molecule has 0 radical (unpaired) electrons. The van der Waals surface area contributed by atoms with Crippen LogP contribution in [0.1, 0.15) is 44.1 Å². The molecule has 4 rings (SSSR count). The van der Waals surface area contributed by atoms with Crippen LogP contribution < -0.4 is 10.5 Å². The Morgan fingerprint density at radius 1 is 1.22 bits per heavy atom. The van der Waals surface area contributed by atoms with Crippen LogP contribution in [0.25, 0.3) is 0 Å². The van der Waals surface area contributed by atoms with Crippen LogP contribution in [0, 0.1) is 0 Å². The van der Waals surface area contributed by atoms with Gasteiger partial charge < -0.3 is 9.80 Å². The highest BCUT2D eigenvalue weighted by molar-refractivity contribution is 7.07. The van der Waals surface area contributed by atoms with Crippen molar-refractivity contribution in [1.29, 1.82) is 0 Å². The summed E-state index contributed by atoms with van der Waals surface area (Å²) in [6.45, 7) is 2.58. The van der Waals surface area contributed by atoms with Crippen LogP contribution in [0.3, 0.4) is 0 Å². The lowest BCUT2D eigenvalue weighted by Crippen LogP contribution is -2.42. The number of aromatic nitrogens is 2. The second-order valence-corrected chi connectivity index (χ2v) is 8.28. The number of thiophene rings is 1. The first-order valence-corrected chi connectivity index (χ1v) is 10.8. The molecule has 2 aliphatic rings. The Morgan fingerprint density at radius 2 is 2.00 bits per heavy atom. The number of carbonyl (C=O) groups is 1. The van der Waals surface area contributed by atoms with Gasteiger partial charge in [-0.2, -0.15) is 16.4 Å². The normalized spacial score (nSPS) is 17.6. The van der Waals surface area contributed by atoms with Gasteiger partial charge in [-0.25, -0.2) is 4.68 Å². The number of hydrogen-bond donors (Lipinski definition) is 0. The Morgan fingerprint density at radius 3 is 2.67 bits per heavy atom. The first kappa shape index (κ1) is 18.2. The van der Waals surface area contributed by atoms with E-state index in [-0.39, 0.29) is 24.1 Å². The Bertz CT molecular complexity index is 821. The van der Waals surface area contributed by atoms with Crippen molar-refractivity contribution in [2.24, 2.45) is 0 Å². The monoisotopic (exact) mass is 386 g/mol. The average Bonchev–Trinajstić information content (AvgIpc) is 3.43. The summed E-state index contributed by atoms with van der Waals surface area (Å²) in [7, 11) is 0. The van der Waals surface area contributed by atoms with Gasteiger partial charge >= 0.3 is 0 Å². The summed E-state index contributed by atoms with van der Waals surface area (Å²) in [5.74, 6) is -0.0170. The van der Waals surface area contributed by atoms with Gasteiger partial charge in [-0.1, -0.05) is 12.8 Å². The van der Waals surface area contributed by atoms with Crippen molar-refractivity contribution in [2.45, 2.75) is 57.7 Å². The number of nitrogens with zero attached hydrogens (tertiary/aromatic N) is 4. The maximum Gasteiger partial charge on any atom is 0.269 e. The molecule has 0 bridgehead atoms. The molecule has 1 saturated heterocycles. The molecule has 1 saturated carbocycles. The lowest BCUT2D eigenvalue weighted by molar-refractivity contribution is -0.135. The van der Waals surface area contributed by atoms with E-state index < -0.39 is 0 Å². The van der Waals surface area contributed by atoms with E-state index >= 15 is 0 Å². The zero-order valence-corrected chi connectivity index (χ0v) is 16.4. The van der Waals surface area contributed by atoms with Crippen LogP contribution in [-0.4, -0.2) is 39.7 Å². The standard InChI is InChI=1S/C20H26N4O2S/c25-19-11-18(22-8-3-4-9-22)12-21-24(19)14-20(26)23(17-5-1-2-6-17)13-16-7-10-27-15-16/h7,10-12,15,17H,1-6,8-9,13-14H2. The van der Waals surface area contributed by atoms with E-state index in [2.05, 4.69) is 21.4 Å². The number of hydrogen-bond acceptors (Lipinski definition) is 5. The average molecular weight is 387 g/mol. The van der Waals surface area contributed by atoms with Crippen molar-refractivity contribution in [3.8, 4) is 0 Å². The smallest absolute Gasteiger partial charge is 0.269 e. The molecule has 0 N–H and O–H groups in total. The zero-order valence-electron chi connectivity index (χ0n) is 15.5. The van der Waals surface area contributed by atoms with Crippen LogP contribution in [-0.2, 0) is 17.9 Å². The van der Waals surface area contributed by atoms with Crippen molar-refractivity contribution in [3.05, 3.63) is 45.0 Å². The van der Waals surface area contributed by atoms with Crippen molar-refractivity contribution < 1.29 is 4.79 Å². The van der Waals surface area contributed by atoms with Gasteiger partial charge in [0.05, 0.1) is 11.9 Å². The molecule has 2 fully saturated rings. The SMILES string of the molecule is O=C(Cn1ncc(N2CCCC2)cc1=O)N(Cc1ccsc1)C1CCCC1. The van der Waals surface area contributed by atoms with E-state index in [0.717, 1.165) is 50.0 Å². The van der Waals surface area contributed by atoms with Gasteiger partial charge in [-0.3, -0.25) is 9.59 Å². The lowest BCUT2D eigenvalue weighted by Gasteiger charge is -2.29. The molecule has 7 heteroatoms. The van der Waals surface area contributed by atoms with Crippen molar-refractivity contribution >= 4 is 22.9 Å². The Hall–Kier alpha value is -2.15. The van der Waals surface area contributed by atoms with E-state index in [1.807, 2.05) is 10.3 Å². The van der Waals surface area contributed by atoms with Gasteiger partial charge in [0.1, 0.15) is 6.54 Å². The molecule has 1 aliphatic carbocycles. The minimum Gasteiger partial charge on any atom is -0.370 e. The zero-order chi connectivity index (χ0) is 18.6. The predicted octanol–water partition coefficient (Wildman–Crippen LogP) is 2.88. The summed E-state index contributed by atoms with van der Waals surface area (Å²) in [6, 6.07) is 3.96. The van der Waals surface area contributed by atoms with Crippen molar-refractivity contribution in [1.82, 2.24) is 14.7 Å². The fourth-order valence-corrected chi connectivity index (χ4v) is 4.79. The van der Waals surface area contributed by atoms with Gasteiger partial charge in [0, 0.05) is 31.7 Å². The van der Waals surface area contributed by atoms with Gasteiger partial charge in [-0.05, 0) is 48.1 Å². The largest absolute Gasteiger partial charge is 0.370 e. The number of rotatable bonds is 6. The third-order valence-corrected chi connectivity index (χ3v) is 6.36. The summed E-state index contributed by atoms with van der Waals surface area (Å²) >= 11 is 1.65. The molecule has 0 unspecified atom stereocenters. The molecule has 1 aliphatic heterocycles. The maximum absolute atomic E-state index is 13.0. The molecule has 0 spiro atoms. The quantitative estimate of drug-likeness (QED) is 0.766. The summed E-state index contributed by atoms with van der Waals surface area (Å²) < 4.78 is 1.30. The summed E-state index contributed by atoms with van der Waals surface area (Å²) in [6.07, 6.45) is 8.46. The van der Waals surface area contributed by atoms with Crippen LogP contribution in [0.5, 0.6) is 0 Å². The molecule has 0 aromatic carbocycles. The molecule has 2 aromatic rings. The van der Waals surface area contributed by atoms with E-state index in [4.69, 9.17) is 0 Å². The number of carbonyl (C=O) groups excluding carboxylic acids is 1. The predicted molar refractivity (Wildman–Crippen MR) is 107 cm³/mol. The molecule has 6 nitrogen and oxygen atoms in total. The summed E-state index contributed by atoms with van der Waals surface area (Å²) in [5.41, 5.74) is 1.83. The Balaban J connectivity index is 1.49. The van der Waals surface area contributed by atoms with Crippen LogP contribution in [0.2, 0.25) is 0 Å². The second-order valence-electron chi connectivity index (χ2n) is 7.50. The number of amides is 1. The van der Waals surface area contributed by atoms with Crippen molar-refractivity contribution in [3.63, 3.8) is 0 Å². The molecule has 1 amide bonds. The first-order valence-electron chi connectivity index (χ1n) is 9.83. The van der Waals surface area contributed by atoms with Crippen LogP contribution in [0.4, 0.5) is 5.69 Å². The summed E-state index contributed by atoms with van der Waals surface area (Å²) in [5, 5.41) is 8.41. The first-order chi connectivity index (χ1) is 13.2. The Labute approximate surface area is 163 Å². The highest BCUT2D eigenvalue weighted by atomic mass is 32.1. The van der Waals surface area contributed by atoms with Gasteiger partial charge in [0.15, 0.2) is 0 Å². The Kier molecular flexibility index (Phi) is 5.57. The fraction of sp³-hybridized carbons (Fsp3) is 0.550. The molecular formula is C20H26N4O2S. The highest BCUT2D eigenvalue weighted by Crippen LogP contribution is 2.26. The lowest BCUT2D eigenvalue weighted by atomic mass is 10.2. The second kappa shape index (κ2) is 8.25. The van der Waals surface area contributed by atoms with Crippen molar-refractivity contribution in [2.75, 3.05) is 18.0 Å². The van der Waals surface area contributed by atoms with E-state index in [1.54, 1.807) is 23.6 Å². The maximum atomic E-state index is 13.0. The molecular weight excluding hydrogens is 360 g/mol.